The summed E-state index contributed by atoms with van der Waals surface area (Å²) in [7, 11) is 0. The molecule has 154 valence electrons. The van der Waals surface area contributed by atoms with E-state index in [0.29, 0.717) is 16.3 Å². The first-order valence-electron chi connectivity index (χ1n) is 9.37. The van der Waals surface area contributed by atoms with Crippen LogP contribution in [0.2, 0.25) is 0 Å². The molecule has 4 aromatic rings. The second kappa shape index (κ2) is 8.16. The van der Waals surface area contributed by atoms with Crippen LogP contribution >= 0.6 is 11.3 Å². The minimum atomic E-state index is -0.735. The van der Waals surface area contributed by atoms with Gasteiger partial charge in [0.25, 0.3) is 0 Å². The zero-order valence-electron chi connectivity index (χ0n) is 16.0. The first kappa shape index (κ1) is 19.2. The quantitative estimate of drug-likeness (QED) is 0.407. The minimum absolute atomic E-state index is 0.0369. The Morgan fingerprint density at radius 3 is 2.61 bits per heavy atom. The molecule has 2 heterocycles. The molecule has 0 spiro atoms. The third-order valence-electron chi connectivity index (χ3n) is 4.60. The molecule has 5 rings (SSSR count). The summed E-state index contributed by atoms with van der Waals surface area (Å²) in [5.41, 5.74) is 2.57. The molecular weight excluding hydrogens is 420 g/mol. The summed E-state index contributed by atoms with van der Waals surface area (Å²) in [5.74, 6) is -0.0455. The van der Waals surface area contributed by atoms with E-state index >= 15 is 0 Å². The van der Waals surface area contributed by atoms with Crippen LogP contribution < -0.4 is 14.3 Å². The zero-order valence-corrected chi connectivity index (χ0v) is 16.9. The Kier molecular flexibility index (Phi) is 5.05. The lowest BCUT2D eigenvalue weighted by Crippen LogP contribution is -2.11. The van der Waals surface area contributed by atoms with Crippen LogP contribution in [-0.4, -0.2) is 17.7 Å². The maximum absolute atomic E-state index is 14.2. The highest BCUT2D eigenvalue weighted by atomic mass is 32.1. The van der Waals surface area contributed by atoms with Crippen molar-refractivity contribution in [2.75, 3.05) is 6.79 Å². The number of fused-ring (bicyclic) bond motifs is 1. The van der Waals surface area contributed by atoms with Crippen molar-refractivity contribution >= 4 is 23.2 Å². The fourth-order valence-corrected chi connectivity index (χ4v) is 3.94. The molecule has 0 aliphatic carbocycles. The summed E-state index contributed by atoms with van der Waals surface area (Å²) in [6.07, 6.45) is 1.67. The maximum atomic E-state index is 14.2. The van der Waals surface area contributed by atoms with Gasteiger partial charge in [0, 0.05) is 17.0 Å². The lowest BCUT2D eigenvalue weighted by Gasteiger charge is -2.04. The molecule has 0 unspecified atom stereocenters. The molecule has 0 atom stereocenters. The molecular formula is C23H15F2N3O2S. The van der Waals surface area contributed by atoms with Gasteiger partial charge in [-0.3, -0.25) is 0 Å². The highest BCUT2D eigenvalue weighted by Gasteiger charge is 2.13. The maximum Gasteiger partial charge on any atom is 0.231 e. The SMILES string of the molecule is Fc1ccc(N=c2scc(-c3ccccc3)n2N=Cc2ccc3c(c2)OCO3)c(F)c1. The summed E-state index contributed by atoms with van der Waals surface area (Å²) in [5, 5.41) is 6.49. The third-order valence-corrected chi connectivity index (χ3v) is 5.42. The Labute approximate surface area is 180 Å². The van der Waals surface area contributed by atoms with E-state index in [2.05, 4.69) is 10.1 Å². The predicted molar refractivity (Wildman–Crippen MR) is 115 cm³/mol. The lowest BCUT2D eigenvalue weighted by atomic mass is 10.2. The van der Waals surface area contributed by atoms with Crippen molar-refractivity contribution in [3.63, 3.8) is 0 Å². The van der Waals surface area contributed by atoms with Gasteiger partial charge in [0.1, 0.15) is 11.5 Å². The number of halogens is 2. The molecule has 0 saturated carbocycles. The smallest absolute Gasteiger partial charge is 0.231 e. The Balaban J connectivity index is 1.61. The van der Waals surface area contributed by atoms with Crippen LogP contribution in [0, 0.1) is 11.6 Å². The monoisotopic (exact) mass is 435 g/mol. The Morgan fingerprint density at radius 1 is 0.935 bits per heavy atom. The van der Waals surface area contributed by atoms with E-state index in [9.17, 15) is 8.78 Å². The van der Waals surface area contributed by atoms with E-state index in [1.807, 2.05) is 53.9 Å². The number of hydrogen-bond donors (Lipinski definition) is 0. The summed E-state index contributed by atoms with van der Waals surface area (Å²) in [6.45, 7) is 0.194. The Bertz CT molecular complexity index is 1350. The van der Waals surface area contributed by atoms with Crippen molar-refractivity contribution < 1.29 is 18.3 Å². The highest BCUT2D eigenvalue weighted by Crippen LogP contribution is 2.32. The molecule has 0 saturated heterocycles. The van der Waals surface area contributed by atoms with Gasteiger partial charge in [-0.25, -0.2) is 18.4 Å². The van der Waals surface area contributed by atoms with Crippen LogP contribution in [0.15, 0.2) is 82.2 Å². The van der Waals surface area contributed by atoms with Gasteiger partial charge in [0.2, 0.25) is 11.6 Å². The first-order valence-corrected chi connectivity index (χ1v) is 10.2. The zero-order chi connectivity index (χ0) is 21.2. The molecule has 1 aliphatic heterocycles. The molecule has 0 amide bonds. The number of thiazole rings is 1. The molecule has 0 bridgehead atoms. The number of hydrogen-bond acceptors (Lipinski definition) is 5. The molecule has 0 N–H and O–H groups in total. The normalized spacial score (nSPS) is 13.3. The van der Waals surface area contributed by atoms with Crippen molar-refractivity contribution in [1.29, 1.82) is 0 Å². The van der Waals surface area contributed by atoms with E-state index in [-0.39, 0.29) is 12.5 Å². The van der Waals surface area contributed by atoms with Gasteiger partial charge in [-0.15, -0.1) is 11.3 Å². The van der Waals surface area contributed by atoms with Gasteiger partial charge in [-0.05, 0) is 35.9 Å². The Morgan fingerprint density at radius 2 is 1.77 bits per heavy atom. The van der Waals surface area contributed by atoms with E-state index in [1.54, 1.807) is 10.9 Å². The topological polar surface area (TPSA) is 48.1 Å². The largest absolute Gasteiger partial charge is 0.454 e. The van der Waals surface area contributed by atoms with E-state index in [1.165, 1.54) is 23.5 Å². The average Bonchev–Trinajstić information content (AvgIpc) is 3.41. The van der Waals surface area contributed by atoms with Crippen molar-refractivity contribution in [2.24, 2.45) is 10.1 Å². The Hall–Kier alpha value is -3.78. The number of benzene rings is 3. The molecule has 1 aromatic heterocycles. The molecule has 3 aromatic carbocycles. The summed E-state index contributed by atoms with van der Waals surface area (Å²) < 4.78 is 39.8. The van der Waals surface area contributed by atoms with Crippen LogP contribution in [0.3, 0.4) is 0 Å². The van der Waals surface area contributed by atoms with Gasteiger partial charge in [-0.1, -0.05) is 30.3 Å². The second-order valence-electron chi connectivity index (χ2n) is 6.65. The van der Waals surface area contributed by atoms with Crippen molar-refractivity contribution in [2.45, 2.75) is 0 Å². The molecule has 8 heteroatoms. The molecule has 5 nitrogen and oxygen atoms in total. The predicted octanol–water partition coefficient (Wildman–Crippen LogP) is 5.34. The second-order valence-corrected chi connectivity index (χ2v) is 7.48. The van der Waals surface area contributed by atoms with Crippen molar-refractivity contribution in [1.82, 2.24) is 4.68 Å². The molecule has 1 aliphatic rings. The molecule has 31 heavy (non-hydrogen) atoms. The fraction of sp³-hybridized carbons (Fsp3) is 0.0435. The summed E-state index contributed by atoms with van der Waals surface area (Å²) >= 11 is 1.31. The number of ether oxygens (including phenoxy) is 2. The number of aromatic nitrogens is 1. The van der Waals surface area contributed by atoms with Crippen LogP contribution in [0.5, 0.6) is 11.5 Å². The minimum Gasteiger partial charge on any atom is -0.454 e. The lowest BCUT2D eigenvalue weighted by molar-refractivity contribution is 0.174. The van der Waals surface area contributed by atoms with Gasteiger partial charge in [-0.2, -0.15) is 5.10 Å². The van der Waals surface area contributed by atoms with Crippen molar-refractivity contribution in [3.05, 3.63) is 94.1 Å². The van der Waals surface area contributed by atoms with Gasteiger partial charge >= 0.3 is 0 Å². The van der Waals surface area contributed by atoms with Crippen molar-refractivity contribution in [3.8, 4) is 22.8 Å². The van der Waals surface area contributed by atoms with Crippen LogP contribution in [0.4, 0.5) is 14.5 Å². The van der Waals surface area contributed by atoms with Gasteiger partial charge in [0.15, 0.2) is 17.3 Å². The average molecular weight is 435 g/mol. The van der Waals surface area contributed by atoms with Crippen LogP contribution in [0.1, 0.15) is 5.56 Å². The summed E-state index contributed by atoms with van der Waals surface area (Å²) in [6, 6.07) is 18.5. The number of rotatable bonds is 4. The molecule has 0 fully saturated rings. The summed E-state index contributed by atoms with van der Waals surface area (Å²) in [4.78, 5) is 4.83. The molecule has 0 radical (unpaired) electrons. The van der Waals surface area contributed by atoms with E-state index < -0.39 is 11.6 Å². The van der Waals surface area contributed by atoms with Gasteiger partial charge < -0.3 is 9.47 Å². The van der Waals surface area contributed by atoms with Crippen LogP contribution in [-0.2, 0) is 0 Å². The van der Waals surface area contributed by atoms with E-state index in [0.717, 1.165) is 22.9 Å². The van der Waals surface area contributed by atoms with E-state index in [4.69, 9.17) is 9.47 Å². The fourth-order valence-electron chi connectivity index (χ4n) is 3.09. The van der Waals surface area contributed by atoms with Crippen LogP contribution in [0.25, 0.3) is 11.3 Å². The number of nitrogens with zero attached hydrogens (tertiary/aromatic N) is 3. The first-order chi connectivity index (χ1) is 15.2. The third kappa shape index (κ3) is 3.97. The standard InChI is InChI=1S/C23H15F2N3O2S/c24-17-7-8-19(18(25)11-17)27-23-28(20(13-31-23)16-4-2-1-3-5-16)26-12-15-6-9-21-22(10-15)30-14-29-21/h1-13H,14H2. The van der Waals surface area contributed by atoms with Gasteiger partial charge in [0.05, 0.1) is 11.9 Å². The highest BCUT2D eigenvalue weighted by molar-refractivity contribution is 7.07.